The van der Waals surface area contributed by atoms with E-state index < -0.39 is 16.5 Å². The molecule has 0 bridgehead atoms. The van der Waals surface area contributed by atoms with Crippen LogP contribution in [0.5, 0.6) is 0 Å². The van der Waals surface area contributed by atoms with E-state index in [0.29, 0.717) is 0 Å². The maximum absolute atomic E-state index is 4.88. The van der Waals surface area contributed by atoms with E-state index in [2.05, 4.69) is 0 Å². The van der Waals surface area contributed by atoms with Crippen LogP contribution in [0.4, 0.5) is 0 Å². The van der Waals surface area contributed by atoms with E-state index in [4.69, 9.17) is 18.8 Å². The molecule has 0 saturated heterocycles. The van der Waals surface area contributed by atoms with Gasteiger partial charge in [0.05, 0.1) is 0 Å². The van der Waals surface area contributed by atoms with Gasteiger partial charge in [-0.1, -0.05) is 0 Å². The van der Waals surface area contributed by atoms with Gasteiger partial charge < -0.3 is 7.43 Å². The van der Waals surface area contributed by atoms with Crippen molar-refractivity contribution in [1.82, 2.24) is 0 Å². The Hall–Kier alpha value is 1.27. The Morgan fingerprint density at radius 1 is 1.25 bits per heavy atom. The number of hydrogen-bond donors (Lipinski definition) is 0. The minimum atomic E-state index is -0.472. The first kappa shape index (κ1) is 8.99. The van der Waals surface area contributed by atoms with Crippen molar-refractivity contribution in [2.24, 2.45) is 0 Å². The zero-order valence-corrected chi connectivity index (χ0v) is 5.86. The summed E-state index contributed by atoms with van der Waals surface area (Å²) in [5.74, 6) is 0. The molecule has 3 heteroatoms. The molecule has 0 aromatic rings. The molecule has 0 aliphatic rings. The third kappa shape index (κ3) is 10.5. The number of halogens is 2. The Kier molecular flexibility index (Phi) is 19.9. The zero-order chi connectivity index (χ0) is 2.71. The maximum atomic E-state index is 4.88. The fourth-order valence-electron chi connectivity index (χ4n) is 0. The van der Waals surface area contributed by atoms with Gasteiger partial charge in [0.1, 0.15) is 0 Å². The molecule has 0 radical (unpaired) electrons. The Balaban J connectivity index is 0. The first-order chi connectivity index (χ1) is 1.41. The van der Waals surface area contributed by atoms with Crippen LogP contribution in [0.15, 0.2) is 0 Å². The second kappa shape index (κ2) is 8.86. The van der Waals surface area contributed by atoms with Gasteiger partial charge in [-0.3, -0.25) is 0 Å². The van der Waals surface area contributed by atoms with Crippen molar-refractivity contribution >= 4 is 18.8 Å². The van der Waals surface area contributed by atoms with E-state index in [0.717, 1.165) is 0 Å². The van der Waals surface area contributed by atoms with Gasteiger partial charge >= 0.3 is 35.3 Å². The van der Waals surface area contributed by atoms with E-state index in [-0.39, 0.29) is 7.43 Å². The van der Waals surface area contributed by atoms with Crippen LogP contribution in [-0.4, -0.2) is 0 Å². The second-order valence-corrected chi connectivity index (χ2v) is 3.33. The summed E-state index contributed by atoms with van der Waals surface area (Å²) < 4.78 is 0. The number of rotatable bonds is 0. The first-order valence-electron chi connectivity index (χ1n) is 0.239. The monoisotopic (exact) mass is 280 g/mol. The summed E-state index contributed by atoms with van der Waals surface area (Å²) in [4.78, 5) is 0. The average molecular weight is 281 g/mol. The summed E-state index contributed by atoms with van der Waals surface area (Å²) in [5.41, 5.74) is 0. The number of hydrogen-bond acceptors (Lipinski definition) is 0. The van der Waals surface area contributed by atoms with Crippen LogP contribution in [0.3, 0.4) is 0 Å². The van der Waals surface area contributed by atoms with Crippen molar-refractivity contribution in [3.63, 3.8) is 0 Å². The second-order valence-electron chi connectivity index (χ2n) is 0.0452. The van der Waals surface area contributed by atoms with E-state index in [9.17, 15) is 0 Å². The molecule has 0 rings (SSSR count). The van der Waals surface area contributed by atoms with Crippen molar-refractivity contribution in [3.05, 3.63) is 7.43 Å². The van der Waals surface area contributed by atoms with Crippen molar-refractivity contribution in [3.8, 4) is 0 Å². The molecule has 0 unspecified atom stereocenters. The predicted octanol–water partition coefficient (Wildman–Crippen LogP) is 1.83. The molecule has 0 N–H and O–H groups in total. The average Bonchev–Trinajstić information content (AvgIpc) is 0.918. The summed E-state index contributed by atoms with van der Waals surface area (Å²) in [5, 5.41) is 0. The fraction of sp³-hybridized carbons (Fsp3) is 0. The molecule has 0 heterocycles. The van der Waals surface area contributed by atoms with Gasteiger partial charge in [-0.25, -0.2) is 0 Å². The molecule has 0 aliphatic heterocycles. The molecule has 0 aromatic heterocycles. The van der Waals surface area contributed by atoms with Gasteiger partial charge in [-0.05, 0) is 0 Å². The van der Waals surface area contributed by atoms with Gasteiger partial charge in [-0.2, -0.15) is 0 Å². The Morgan fingerprint density at radius 3 is 1.25 bits per heavy atom. The standard InChI is InChI=1S/CH3.2ClH.Pt/h1H3;2*1H;/q-1;;;+2/p-2. The molecule has 32 valence electrons. The molecular formula is CH3Cl2Pt-. The van der Waals surface area contributed by atoms with Crippen molar-refractivity contribution in [2.75, 3.05) is 0 Å². The minimum absolute atomic E-state index is 0. The summed E-state index contributed by atoms with van der Waals surface area (Å²) in [7, 11) is 9.75. The van der Waals surface area contributed by atoms with Gasteiger partial charge in [0.15, 0.2) is 0 Å². The van der Waals surface area contributed by atoms with Crippen molar-refractivity contribution in [1.29, 1.82) is 0 Å². The van der Waals surface area contributed by atoms with Crippen LogP contribution in [-0.2, 0) is 16.5 Å². The SMILES string of the molecule is [CH3-].[Cl][Pt][Cl]. The molecule has 0 spiro atoms. The Labute approximate surface area is 42.9 Å². The summed E-state index contributed by atoms with van der Waals surface area (Å²) in [6.07, 6.45) is 0. The van der Waals surface area contributed by atoms with Crippen molar-refractivity contribution in [2.45, 2.75) is 0 Å². The van der Waals surface area contributed by atoms with Gasteiger partial charge in [0, 0.05) is 0 Å². The Bertz CT molecular complexity index is 6.00. The van der Waals surface area contributed by atoms with Gasteiger partial charge in [-0.15, -0.1) is 0 Å². The zero-order valence-electron chi connectivity index (χ0n) is 2.07. The van der Waals surface area contributed by atoms with E-state index in [1.807, 2.05) is 0 Å². The molecule has 4 heavy (non-hydrogen) atoms. The molecular weight excluding hydrogens is 278 g/mol. The van der Waals surface area contributed by atoms with Gasteiger partial charge in [0.25, 0.3) is 0 Å². The Morgan fingerprint density at radius 2 is 1.25 bits per heavy atom. The van der Waals surface area contributed by atoms with E-state index >= 15 is 0 Å². The predicted molar refractivity (Wildman–Crippen MR) is 18.1 cm³/mol. The van der Waals surface area contributed by atoms with Crippen LogP contribution >= 0.6 is 18.8 Å². The third-order valence-corrected chi connectivity index (χ3v) is 0. The van der Waals surface area contributed by atoms with Crippen LogP contribution in [0.2, 0.25) is 0 Å². The topological polar surface area (TPSA) is 0 Å². The fourth-order valence-corrected chi connectivity index (χ4v) is 0. The summed E-state index contributed by atoms with van der Waals surface area (Å²) in [6.45, 7) is 0. The quantitative estimate of drug-likeness (QED) is 0.594. The van der Waals surface area contributed by atoms with E-state index in [1.54, 1.807) is 0 Å². The molecule has 0 nitrogen and oxygen atoms in total. The third-order valence-electron chi connectivity index (χ3n) is 0. The molecule has 0 aromatic carbocycles. The normalized spacial score (nSPS) is 5.50. The van der Waals surface area contributed by atoms with Crippen LogP contribution in [0, 0.1) is 7.43 Å². The molecule has 0 fully saturated rings. The van der Waals surface area contributed by atoms with E-state index in [1.165, 1.54) is 0 Å². The molecule has 0 atom stereocenters. The van der Waals surface area contributed by atoms with Crippen LogP contribution in [0.1, 0.15) is 0 Å². The van der Waals surface area contributed by atoms with Gasteiger partial charge in [0.2, 0.25) is 0 Å². The summed E-state index contributed by atoms with van der Waals surface area (Å²) >= 11 is -0.472. The molecule has 0 amide bonds. The summed E-state index contributed by atoms with van der Waals surface area (Å²) in [6, 6.07) is 0. The molecule has 0 aliphatic carbocycles. The van der Waals surface area contributed by atoms with Crippen LogP contribution < -0.4 is 0 Å². The van der Waals surface area contributed by atoms with Crippen LogP contribution in [0.25, 0.3) is 0 Å². The first-order valence-corrected chi connectivity index (χ1v) is 5.87. The molecule has 0 saturated carbocycles. The van der Waals surface area contributed by atoms with Crippen molar-refractivity contribution < 1.29 is 16.5 Å².